The molecular formula is C12H14N6O3. The first-order valence-electron chi connectivity index (χ1n) is 6.03. The quantitative estimate of drug-likeness (QED) is 0.419. The number of nitrogen functional groups attached to an aromatic ring is 1. The number of aromatic nitrogens is 2. The standard InChI is InChI=1S/C12H14N6O3/c1-17-5-4-9(16-17)7-14-12(19)8-2-3-11(18(20)21)10(6-8)15-13/h2-6,15H,7,13H2,1H3,(H,14,19). The van der Waals surface area contributed by atoms with Gasteiger partial charge in [0.15, 0.2) is 0 Å². The van der Waals surface area contributed by atoms with Crippen LogP contribution < -0.4 is 16.6 Å². The van der Waals surface area contributed by atoms with Gasteiger partial charge >= 0.3 is 0 Å². The molecule has 0 fully saturated rings. The van der Waals surface area contributed by atoms with Crippen LogP contribution >= 0.6 is 0 Å². The van der Waals surface area contributed by atoms with Gasteiger partial charge in [-0.3, -0.25) is 25.4 Å². The average molecular weight is 290 g/mol. The van der Waals surface area contributed by atoms with Gasteiger partial charge in [-0.15, -0.1) is 0 Å². The minimum atomic E-state index is -0.579. The Kier molecular flexibility index (Phi) is 4.14. The van der Waals surface area contributed by atoms with Crippen LogP contribution in [0.15, 0.2) is 30.5 Å². The minimum absolute atomic E-state index is 0.0745. The van der Waals surface area contributed by atoms with Crippen LogP contribution in [0, 0.1) is 10.1 Å². The van der Waals surface area contributed by atoms with Crippen molar-refractivity contribution in [1.29, 1.82) is 0 Å². The number of carbonyl (C=O) groups excluding carboxylic acids is 1. The molecule has 1 aromatic heterocycles. The monoisotopic (exact) mass is 290 g/mol. The highest BCUT2D eigenvalue weighted by Crippen LogP contribution is 2.24. The lowest BCUT2D eigenvalue weighted by atomic mass is 10.1. The third-order valence-electron chi connectivity index (χ3n) is 2.81. The van der Waals surface area contributed by atoms with E-state index in [0.717, 1.165) is 0 Å². The maximum atomic E-state index is 12.0. The predicted octanol–water partition coefficient (Wildman–Crippen LogP) is 0.544. The maximum Gasteiger partial charge on any atom is 0.293 e. The van der Waals surface area contributed by atoms with E-state index >= 15 is 0 Å². The van der Waals surface area contributed by atoms with Crippen LogP contribution in [-0.4, -0.2) is 20.6 Å². The van der Waals surface area contributed by atoms with Crippen LogP contribution in [0.5, 0.6) is 0 Å². The summed E-state index contributed by atoms with van der Waals surface area (Å²) in [4.78, 5) is 22.2. The normalized spacial score (nSPS) is 10.2. The highest BCUT2D eigenvalue weighted by molar-refractivity contribution is 5.95. The Morgan fingerprint density at radius 3 is 2.81 bits per heavy atom. The van der Waals surface area contributed by atoms with E-state index in [0.29, 0.717) is 5.69 Å². The first kappa shape index (κ1) is 14.5. The topological polar surface area (TPSA) is 128 Å². The molecule has 9 nitrogen and oxygen atoms in total. The van der Waals surface area contributed by atoms with E-state index in [1.807, 2.05) is 0 Å². The summed E-state index contributed by atoms with van der Waals surface area (Å²) in [5.74, 6) is 4.86. The second-order valence-electron chi connectivity index (χ2n) is 4.30. The number of aryl methyl sites for hydroxylation is 1. The molecule has 0 bridgehead atoms. The fourth-order valence-corrected chi connectivity index (χ4v) is 1.78. The van der Waals surface area contributed by atoms with E-state index in [4.69, 9.17) is 5.84 Å². The molecule has 4 N–H and O–H groups in total. The molecule has 2 rings (SSSR count). The predicted molar refractivity (Wildman–Crippen MR) is 75.3 cm³/mol. The number of nitrogens with two attached hydrogens (primary N) is 1. The van der Waals surface area contributed by atoms with Gasteiger partial charge in [-0.25, -0.2) is 0 Å². The first-order chi connectivity index (χ1) is 10.0. The van der Waals surface area contributed by atoms with Crippen molar-refractivity contribution in [2.24, 2.45) is 12.9 Å². The molecule has 0 aliphatic rings. The molecule has 0 spiro atoms. The number of benzene rings is 1. The summed E-state index contributed by atoms with van der Waals surface area (Å²) in [7, 11) is 1.78. The Bertz CT molecular complexity index is 681. The van der Waals surface area contributed by atoms with E-state index in [2.05, 4.69) is 15.8 Å². The summed E-state index contributed by atoms with van der Waals surface area (Å²) >= 11 is 0. The smallest absolute Gasteiger partial charge is 0.293 e. The molecule has 9 heteroatoms. The van der Waals surface area contributed by atoms with Crippen molar-refractivity contribution in [3.8, 4) is 0 Å². The lowest BCUT2D eigenvalue weighted by molar-refractivity contribution is -0.384. The SMILES string of the molecule is Cn1ccc(CNC(=O)c2ccc([N+](=O)[O-])c(NN)c2)n1. The molecule has 0 saturated carbocycles. The van der Waals surface area contributed by atoms with Crippen molar-refractivity contribution in [3.63, 3.8) is 0 Å². The fourth-order valence-electron chi connectivity index (χ4n) is 1.78. The number of hydrogen-bond acceptors (Lipinski definition) is 6. The number of nitrogens with zero attached hydrogens (tertiary/aromatic N) is 3. The number of nitro benzene ring substituents is 1. The fraction of sp³-hybridized carbons (Fsp3) is 0.167. The Morgan fingerprint density at radius 1 is 1.48 bits per heavy atom. The molecule has 0 unspecified atom stereocenters. The van der Waals surface area contributed by atoms with Gasteiger partial charge in [0.25, 0.3) is 11.6 Å². The molecule has 21 heavy (non-hydrogen) atoms. The lowest BCUT2D eigenvalue weighted by Crippen LogP contribution is -2.23. The maximum absolute atomic E-state index is 12.0. The van der Waals surface area contributed by atoms with Gasteiger partial charge in [-0.2, -0.15) is 5.10 Å². The van der Waals surface area contributed by atoms with Crippen LogP contribution in [0.1, 0.15) is 16.1 Å². The third-order valence-corrected chi connectivity index (χ3v) is 2.81. The zero-order valence-corrected chi connectivity index (χ0v) is 11.2. The lowest BCUT2D eigenvalue weighted by Gasteiger charge is -2.06. The Morgan fingerprint density at radius 2 is 2.24 bits per heavy atom. The van der Waals surface area contributed by atoms with Crippen LogP contribution in [0.25, 0.3) is 0 Å². The van der Waals surface area contributed by atoms with Gasteiger partial charge in [0.2, 0.25) is 0 Å². The second-order valence-corrected chi connectivity index (χ2v) is 4.30. The van der Waals surface area contributed by atoms with E-state index in [1.54, 1.807) is 24.0 Å². The highest BCUT2D eigenvalue weighted by Gasteiger charge is 2.16. The summed E-state index contributed by atoms with van der Waals surface area (Å²) in [6.07, 6.45) is 1.77. The molecular weight excluding hydrogens is 276 g/mol. The molecule has 110 valence electrons. The Hall–Kier alpha value is -2.94. The Labute approximate surface area is 119 Å². The number of hydrogen-bond donors (Lipinski definition) is 3. The van der Waals surface area contributed by atoms with Crippen molar-refractivity contribution in [1.82, 2.24) is 15.1 Å². The van der Waals surface area contributed by atoms with Gasteiger partial charge in [0.1, 0.15) is 5.69 Å². The molecule has 2 aromatic rings. The van der Waals surface area contributed by atoms with Crippen molar-refractivity contribution >= 4 is 17.3 Å². The van der Waals surface area contributed by atoms with E-state index in [-0.39, 0.29) is 29.4 Å². The van der Waals surface area contributed by atoms with Gasteiger partial charge < -0.3 is 10.7 Å². The van der Waals surface area contributed by atoms with Crippen LogP contribution in [0.4, 0.5) is 11.4 Å². The molecule has 0 aliphatic heterocycles. The summed E-state index contributed by atoms with van der Waals surface area (Å²) in [6, 6.07) is 5.70. The van der Waals surface area contributed by atoms with Crippen LogP contribution in [0.3, 0.4) is 0 Å². The number of anilines is 1. The van der Waals surface area contributed by atoms with Gasteiger partial charge in [-0.1, -0.05) is 0 Å². The summed E-state index contributed by atoms with van der Waals surface area (Å²) in [5.41, 5.74) is 3.07. The second kappa shape index (κ2) is 6.01. The molecule has 0 atom stereocenters. The molecule has 0 radical (unpaired) electrons. The number of nitro groups is 1. The number of hydrazine groups is 1. The van der Waals surface area contributed by atoms with Crippen molar-refractivity contribution in [3.05, 3.63) is 51.8 Å². The number of rotatable bonds is 5. The van der Waals surface area contributed by atoms with E-state index < -0.39 is 4.92 Å². The highest BCUT2D eigenvalue weighted by atomic mass is 16.6. The molecule has 1 heterocycles. The summed E-state index contributed by atoms with van der Waals surface area (Å²) in [6.45, 7) is 0.266. The summed E-state index contributed by atoms with van der Waals surface area (Å²) < 4.78 is 1.63. The third kappa shape index (κ3) is 3.34. The van der Waals surface area contributed by atoms with Crippen LogP contribution in [0.2, 0.25) is 0 Å². The first-order valence-corrected chi connectivity index (χ1v) is 6.03. The molecule has 0 saturated heterocycles. The summed E-state index contributed by atoms with van der Waals surface area (Å²) in [5, 5.41) is 17.6. The zero-order valence-electron chi connectivity index (χ0n) is 11.2. The Balaban J connectivity index is 2.10. The van der Waals surface area contributed by atoms with Gasteiger partial charge in [-0.05, 0) is 18.2 Å². The molecule has 0 aliphatic carbocycles. The molecule has 1 aromatic carbocycles. The van der Waals surface area contributed by atoms with Gasteiger partial charge in [0.05, 0.1) is 17.2 Å². The van der Waals surface area contributed by atoms with E-state index in [9.17, 15) is 14.9 Å². The number of nitrogens with one attached hydrogen (secondary N) is 2. The molecule has 1 amide bonds. The zero-order chi connectivity index (χ0) is 15.4. The van der Waals surface area contributed by atoms with E-state index in [1.165, 1.54) is 18.2 Å². The van der Waals surface area contributed by atoms with Crippen molar-refractivity contribution in [2.45, 2.75) is 6.54 Å². The van der Waals surface area contributed by atoms with Crippen molar-refractivity contribution in [2.75, 3.05) is 5.43 Å². The van der Waals surface area contributed by atoms with Crippen LogP contribution in [-0.2, 0) is 13.6 Å². The number of amides is 1. The van der Waals surface area contributed by atoms with Gasteiger partial charge in [0, 0.05) is 24.9 Å². The largest absolute Gasteiger partial charge is 0.346 e. The minimum Gasteiger partial charge on any atom is -0.346 e. The van der Waals surface area contributed by atoms with Crippen molar-refractivity contribution < 1.29 is 9.72 Å². The average Bonchev–Trinajstić information content (AvgIpc) is 2.89. The number of carbonyl (C=O) groups is 1.